The highest BCUT2D eigenvalue weighted by molar-refractivity contribution is 5.56. The van der Waals surface area contributed by atoms with E-state index in [0.29, 0.717) is 5.69 Å². The molecular weight excluding hydrogens is 248 g/mol. The molecule has 0 amide bonds. The summed E-state index contributed by atoms with van der Waals surface area (Å²) in [6, 6.07) is 12.2. The summed E-state index contributed by atoms with van der Waals surface area (Å²) in [5.41, 5.74) is 10.5. The van der Waals surface area contributed by atoms with Crippen LogP contribution in [0.25, 0.3) is 0 Å². The molecule has 0 aliphatic heterocycles. The zero-order chi connectivity index (χ0) is 13.9. The topological polar surface area (TPSA) is 74.7 Å². The third-order valence-electron chi connectivity index (χ3n) is 3.72. The summed E-state index contributed by atoms with van der Waals surface area (Å²) in [7, 11) is 0. The molecule has 1 heterocycles. The van der Waals surface area contributed by atoms with Crippen molar-refractivity contribution in [1.82, 2.24) is 4.98 Å². The number of pyridine rings is 1. The standard InChI is InChI=1S/C16H16N4/c17-10-16-15(5-2-8-19-16)20-14-4-1-3-11-9-12(18)6-7-13(11)14/h2,5-9,14,20H,1,3-4,18H2. The van der Waals surface area contributed by atoms with Gasteiger partial charge in [0.2, 0.25) is 0 Å². The highest BCUT2D eigenvalue weighted by Crippen LogP contribution is 2.33. The molecule has 3 rings (SSSR count). The fourth-order valence-electron chi connectivity index (χ4n) is 2.78. The SMILES string of the molecule is N#Cc1ncccc1NC1CCCc2cc(N)ccc21. The quantitative estimate of drug-likeness (QED) is 0.817. The van der Waals surface area contributed by atoms with Gasteiger partial charge in [0.15, 0.2) is 5.69 Å². The van der Waals surface area contributed by atoms with Crippen LogP contribution in [-0.4, -0.2) is 4.98 Å². The van der Waals surface area contributed by atoms with Gasteiger partial charge in [-0.25, -0.2) is 4.98 Å². The Kier molecular flexibility index (Phi) is 3.26. The highest BCUT2D eigenvalue weighted by Gasteiger charge is 2.21. The highest BCUT2D eigenvalue weighted by atomic mass is 14.9. The number of nitrogen functional groups attached to an aromatic ring is 1. The second kappa shape index (κ2) is 5.22. The second-order valence-corrected chi connectivity index (χ2v) is 5.06. The molecule has 100 valence electrons. The minimum atomic E-state index is 0.218. The number of rotatable bonds is 2. The molecule has 0 saturated heterocycles. The molecule has 20 heavy (non-hydrogen) atoms. The van der Waals surface area contributed by atoms with Gasteiger partial charge in [-0.2, -0.15) is 5.26 Å². The molecule has 0 saturated carbocycles. The van der Waals surface area contributed by atoms with Crippen LogP contribution in [0.5, 0.6) is 0 Å². The summed E-state index contributed by atoms with van der Waals surface area (Å²) >= 11 is 0. The first kappa shape index (κ1) is 12.5. The molecule has 3 N–H and O–H groups in total. The Morgan fingerprint density at radius 3 is 3.10 bits per heavy atom. The number of fused-ring (bicyclic) bond motifs is 1. The maximum absolute atomic E-state index is 9.11. The van der Waals surface area contributed by atoms with E-state index in [9.17, 15) is 0 Å². The molecule has 2 aromatic rings. The lowest BCUT2D eigenvalue weighted by Crippen LogP contribution is -2.18. The summed E-state index contributed by atoms with van der Waals surface area (Å²) in [4.78, 5) is 4.09. The van der Waals surface area contributed by atoms with Crippen LogP contribution in [0.1, 0.15) is 35.7 Å². The first-order valence-electron chi connectivity index (χ1n) is 6.78. The Morgan fingerprint density at radius 2 is 2.25 bits per heavy atom. The maximum atomic E-state index is 9.11. The Labute approximate surface area is 118 Å². The number of nitrogens with one attached hydrogen (secondary N) is 1. The van der Waals surface area contributed by atoms with E-state index >= 15 is 0 Å². The smallest absolute Gasteiger partial charge is 0.163 e. The first-order valence-corrected chi connectivity index (χ1v) is 6.78. The van der Waals surface area contributed by atoms with Gasteiger partial charge < -0.3 is 11.1 Å². The lowest BCUT2D eigenvalue weighted by molar-refractivity contribution is 0.600. The molecule has 4 nitrogen and oxygen atoms in total. The number of anilines is 2. The number of aromatic nitrogens is 1. The first-order chi connectivity index (χ1) is 9.78. The van der Waals surface area contributed by atoms with Gasteiger partial charge in [-0.05, 0) is 54.7 Å². The molecule has 0 fully saturated rings. The van der Waals surface area contributed by atoms with Crippen LogP contribution in [0.3, 0.4) is 0 Å². The van der Waals surface area contributed by atoms with Crippen LogP contribution >= 0.6 is 0 Å². The molecule has 1 aliphatic carbocycles. The van der Waals surface area contributed by atoms with E-state index in [1.54, 1.807) is 6.20 Å². The second-order valence-electron chi connectivity index (χ2n) is 5.06. The lowest BCUT2D eigenvalue weighted by atomic mass is 9.87. The molecule has 1 atom stereocenters. The predicted molar refractivity (Wildman–Crippen MR) is 79.1 cm³/mol. The van der Waals surface area contributed by atoms with Crippen molar-refractivity contribution >= 4 is 11.4 Å². The van der Waals surface area contributed by atoms with Gasteiger partial charge in [0, 0.05) is 11.9 Å². The fourth-order valence-corrected chi connectivity index (χ4v) is 2.78. The van der Waals surface area contributed by atoms with E-state index in [4.69, 9.17) is 11.0 Å². The largest absolute Gasteiger partial charge is 0.399 e. The van der Waals surface area contributed by atoms with Gasteiger partial charge in [0.05, 0.1) is 11.7 Å². The molecule has 1 aromatic carbocycles. The normalized spacial score (nSPS) is 17.1. The maximum Gasteiger partial charge on any atom is 0.163 e. The van der Waals surface area contributed by atoms with Crippen molar-refractivity contribution < 1.29 is 0 Å². The van der Waals surface area contributed by atoms with E-state index < -0.39 is 0 Å². The number of nitriles is 1. The summed E-state index contributed by atoms with van der Waals surface area (Å²) in [6.45, 7) is 0. The van der Waals surface area contributed by atoms with Crippen LogP contribution in [0.2, 0.25) is 0 Å². The monoisotopic (exact) mass is 264 g/mol. The van der Waals surface area contributed by atoms with Crippen LogP contribution in [0, 0.1) is 11.3 Å². The molecule has 0 radical (unpaired) electrons. The van der Waals surface area contributed by atoms with Crippen molar-refractivity contribution in [2.75, 3.05) is 11.1 Å². The fraction of sp³-hybridized carbons (Fsp3) is 0.250. The van der Waals surface area contributed by atoms with Crippen molar-refractivity contribution in [3.8, 4) is 6.07 Å². The van der Waals surface area contributed by atoms with Crippen molar-refractivity contribution in [3.63, 3.8) is 0 Å². The lowest BCUT2D eigenvalue weighted by Gasteiger charge is -2.27. The predicted octanol–water partition coefficient (Wildman–Crippen LogP) is 3.02. The van der Waals surface area contributed by atoms with Crippen LogP contribution in [0.15, 0.2) is 36.5 Å². The molecule has 1 unspecified atom stereocenters. The van der Waals surface area contributed by atoms with Gasteiger partial charge >= 0.3 is 0 Å². The minimum Gasteiger partial charge on any atom is -0.399 e. The van der Waals surface area contributed by atoms with Gasteiger partial charge in [-0.3, -0.25) is 0 Å². The molecular formula is C16H16N4. The van der Waals surface area contributed by atoms with Gasteiger partial charge in [0.1, 0.15) is 6.07 Å². The van der Waals surface area contributed by atoms with E-state index in [1.807, 2.05) is 18.2 Å². The van der Waals surface area contributed by atoms with E-state index in [0.717, 1.165) is 30.6 Å². The average Bonchev–Trinajstić information content (AvgIpc) is 2.47. The van der Waals surface area contributed by atoms with Gasteiger partial charge in [-0.15, -0.1) is 0 Å². The third kappa shape index (κ3) is 2.30. The number of nitrogens with two attached hydrogens (primary N) is 1. The van der Waals surface area contributed by atoms with Gasteiger partial charge in [-0.1, -0.05) is 6.07 Å². The summed E-state index contributed by atoms with van der Waals surface area (Å²) in [5, 5.41) is 12.6. The molecule has 0 bridgehead atoms. The number of hydrogen-bond acceptors (Lipinski definition) is 4. The van der Waals surface area contributed by atoms with Crippen molar-refractivity contribution in [2.45, 2.75) is 25.3 Å². The number of nitrogens with zero attached hydrogens (tertiary/aromatic N) is 2. The van der Waals surface area contributed by atoms with E-state index in [-0.39, 0.29) is 6.04 Å². The van der Waals surface area contributed by atoms with Crippen molar-refractivity contribution in [3.05, 3.63) is 53.3 Å². The summed E-state index contributed by atoms with van der Waals surface area (Å²) in [5.74, 6) is 0. The van der Waals surface area contributed by atoms with Crippen molar-refractivity contribution in [1.29, 1.82) is 5.26 Å². The number of hydrogen-bond donors (Lipinski definition) is 2. The van der Waals surface area contributed by atoms with Crippen LogP contribution < -0.4 is 11.1 Å². The van der Waals surface area contributed by atoms with Crippen LogP contribution in [0.4, 0.5) is 11.4 Å². The molecule has 0 spiro atoms. The minimum absolute atomic E-state index is 0.218. The van der Waals surface area contributed by atoms with Crippen LogP contribution in [-0.2, 0) is 6.42 Å². The Hall–Kier alpha value is -2.54. The summed E-state index contributed by atoms with van der Waals surface area (Å²) < 4.78 is 0. The molecule has 1 aliphatic rings. The van der Waals surface area contributed by atoms with E-state index in [1.165, 1.54) is 11.1 Å². The Bertz CT molecular complexity index is 672. The Balaban J connectivity index is 1.92. The van der Waals surface area contributed by atoms with Crippen molar-refractivity contribution in [2.24, 2.45) is 0 Å². The molecule has 4 heteroatoms. The third-order valence-corrected chi connectivity index (χ3v) is 3.72. The number of benzene rings is 1. The number of aryl methyl sites for hydroxylation is 1. The average molecular weight is 264 g/mol. The Morgan fingerprint density at radius 1 is 1.35 bits per heavy atom. The zero-order valence-electron chi connectivity index (χ0n) is 11.1. The zero-order valence-corrected chi connectivity index (χ0v) is 11.1. The van der Waals surface area contributed by atoms with Gasteiger partial charge in [0.25, 0.3) is 0 Å². The molecule has 1 aromatic heterocycles. The van der Waals surface area contributed by atoms with E-state index in [2.05, 4.69) is 28.5 Å². The summed E-state index contributed by atoms with van der Waals surface area (Å²) in [6.07, 6.45) is 4.88.